The predicted octanol–water partition coefficient (Wildman–Crippen LogP) is 3.86. The third kappa shape index (κ3) is 2.04. The first-order chi connectivity index (χ1) is 7.35. The molecule has 15 heavy (non-hydrogen) atoms. The predicted molar refractivity (Wildman–Crippen MR) is 64.0 cm³/mol. The maximum Gasteiger partial charge on any atom is 0.0931 e. The Morgan fingerprint density at radius 2 is 2.20 bits per heavy atom. The van der Waals surface area contributed by atoms with Gasteiger partial charge in [0.1, 0.15) is 0 Å². The van der Waals surface area contributed by atoms with Gasteiger partial charge in [-0.1, -0.05) is 26.3 Å². The van der Waals surface area contributed by atoms with Crippen LogP contribution in [0.15, 0.2) is 24.5 Å². The Hall–Kier alpha value is -1.31. The molecule has 80 valence electrons. The van der Waals surface area contributed by atoms with Gasteiger partial charge in [-0.3, -0.25) is 0 Å². The van der Waals surface area contributed by atoms with Gasteiger partial charge in [0.2, 0.25) is 0 Å². The summed E-state index contributed by atoms with van der Waals surface area (Å²) < 4.78 is 0. The molecule has 0 saturated carbocycles. The first kappa shape index (κ1) is 10.2. The molecule has 0 bridgehead atoms. The average molecular weight is 202 g/mol. The summed E-state index contributed by atoms with van der Waals surface area (Å²) in [5, 5.41) is 0. The van der Waals surface area contributed by atoms with Gasteiger partial charge in [-0.2, -0.15) is 0 Å². The Labute approximate surface area is 90.7 Å². The molecule has 1 unspecified atom stereocenters. The van der Waals surface area contributed by atoms with E-state index < -0.39 is 0 Å². The maximum atomic E-state index is 4.24. The van der Waals surface area contributed by atoms with Gasteiger partial charge >= 0.3 is 0 Å². The molecule has 0 radical (unpaired) electrons. The van der Waals surface area contributed by atoms with E-state index in [1.807, 2.05) is 0 Å². The van der Waals surface area contributed by atoms with Crippen molar-refractivity contribution >= 4 is 11.0 Å². The zero-order chi connectivity index (χ0) is 10.7. The molecule has 2 nitrogen and oxygen atoms in total. The van der Waals surface area contributed by atoms with Crippen molar-refractivity contribution in [2.75, 3.05) is 0 Å². The van der Waals surface area contributed by atoms with Gasteiger partial charge < -0.3 is 4.98 Å². The molecule has 1 aromatic heterocycles. The molecule has 1 N–H and O–H groups in total. The third-order valence-corrected chi connectivity index (χ3v) is 3.05. The van der Waals surface area contributed by atoms with Crippen LogP contribution in [0.1, 0.15) is 44.6 Å². The Balaban J connectivity index is 2.33. The van der Waals surface area contributed by atoms with E-state index in [-0.39, 0.29) is 0 Å². The fraction of sp³-hybridized carbons (Fsp3) is 0.462. The van der Waals surface area contributed by atoms with Crippen LogP contribution in [0.5, 0.6) is 0 Å². The highest BCUT2D eigenvalue weighted by atomic mass is 14.9. The molecule has 0 spiro atoms. The van der Waals surface area contributed by atoms with Crippen LogP contribution in [0.2, 0.25) is 0 Å². The van der Waals surface area contributed by atoms with Crippen LogP contribution < -0.4 is 0 Å². The highest BCUT2D eigenvalue weighted by molar-refractivity contribution is 5.75. The molecule has 2 aromatic rings. The van der Waals surface area contributed by atoms with Crippen molar-refractivity contribution in [2.24, 2.45) is 0 Å². The summed E-state index contributed by atoms with van der Waals surface area (Å²) in [6.45, 7) is 4.51. The summed E-state index contributed by atoms with van der Waals surface area (Å²) in [5.41, 5.74) is 3.66. The van der Waals surface area contributed by atoms with E-state index in [9.17, 15) is 0 Å². The monoisotopic (exact) mass is 202 g/mol. The lowest BCUT2D eigenvalue weighted by Gasteiger charge is -2.13. The topological polar surface area (TPSA) is 28.7 Å². The number of hydrogen-bond acceptors (Lipinski definition) is 1. The molecule has 0 aliphatic carbocycles. The number of hydrogen-bond donors (Lipinski definition) is 1. The fourth-order valence-corrected chi connectivity index (χ4v) is 2.16. The van der Waals surface area contributed by atoms with Gasteiger partial charge in [0.05, 0.1) is 17.4 Å². The second kappa shape index (κ2) is 4.47. The lowest BCUT2D eigenvalue weighted by Crippen LogP contribution is -1.96. The summed E-state index contributed by atoms with van der Waals surface area (Å²) >= 11 is 0. The van der Waals surface area contributed by atoms with E-state index in [0.717, 1.165) is 11.0 Å². The summed E-state index contributed by atoms with van der Waals surface area (Å²) in [7, 11) is 0. The zero-order valence-corrected chi connectivity index (χ0v) is 9.46. The quantitative estimate of drug-likeness (QED) is 0.801. The van der Waals surface area contributed by atoms with Crippen molar-refractivity contribution in [3.8, 4) is 0 Å². The number of aromatic nitrogens is 2. The molecule has 1 heterocycles. The Morgan fingerprint density at radius 1 is 1.33 bits per heavy atom. The third-order valence-electron chi connectivity index (χ3n) is 3.05. The lowest BCUT2D eigenvalue weighted by atomic mass is 9.92. The van der Waals surface area contributed by atoms with Crippen molar-refractivity contribution in [2.45, 2.75) is 39.0 Å². The molecule has 1 atom stereocenters. The second-order valence-electron chi connectivity index (χ2n) is 4.07. The minimum Gasteiger partial charge on any atom is -0.345 e. The zero-order valence-electron chi connectivity index (χ0n) is 9.46. The van der Waals surface area contributed by atoms with E-state index in [1.165, 1.54) is 24.8 Å². The van der Waals surface area contributed by atoms with Gasteiger partial charge in [0, 0.05) is 0 Å². The van der Waals surface area contributed by atoms with E-state index >= 15 is 0 Å². The minimum atomic E-state index is 0.697. The molecule has 0 fully saturated rings. The summed E-state index contributed by atoms with van der Waals surface area (Å²) in [6, 6.07) is 6.57. The normalized spacial score (nSPS) is 13.2. The standard InChI is InChI=1S/C13H18N2/c1-3-5-10(4-2)11-6-7-12-13(8-11)15-9-14-12/h6-10H,3-5H2,1-2H3,(H,14,15). The molecule has 0 amide bonds. The molecular weight excluding hydrogens is 184 g/mol. The molecule has 2 heteroatoms. The number of imidazole rings is 1. The van der Waals surface area contributed by atoms with E-state index in [1.54, 1.807) is 6.33 Å². The first-order valence-corrected chi connectivity index (χ1v) is 5.78. The van der Waals surface area contributed by atoms with Crippen molar-refractivity contribution in [3.05, 3.63) is 30.1 Å². The van der Waals surface area contributed by atoms with Crippen molar-refractivity contribution in [1.82, 2.24) is 9.97 Å². The van der Waals surface area contributed by atoms with Crippen LogP contribution in [0.3, 0.4) is 0 Å². The van der Waals surface area contributed by atoms with Crippen LogP contribution in [0.25, 0.3) is 11.0 Å². The molecule has 0 aliphatic rings. The van der Waals surface area contributed by atoms with Crippen LogP contribution in [-0.2, 0) is 0 Å². The van der Waals surface area contributed by atoms with E-state index in [0.29, 0.717) is 5.92 Å². The van der Waals surface area contributed by atoms with Crippen LogP contribution in [0.4, 0.5) is 0 Å². The molecular formula is C13H18N2. The molecule has 0 saturated heterocycles. The summed E-state index contributed by atoms with van der Waals surface area (Å²) in [5.74, 6) is 0.697. The number of rotatable bonds is 4. The largest absolute Gasteiger partial charge is 0.345 e. The van der Waals surface area contributed by atoms with Gasteiger partial charge in [0.15, 0.2) is 0 Å². The van der Waals surface area contributed by atoms with E-state index in [4.69, 9.17) is 0 Å². The SMILES string of the molecule is CCCC(CC)c1ccc2nc[nH]c2c1. The Kier molecular flexibility index (Phi) is 3.05. The summed E-state index contributed by atoms with van der Waals surface area (Å²) in [6.07, 6.45) is 5.50. The Morgan fingerprint density at radius 3 is 2.93 bits per heavy atom. The number of aromatic amines is 1. The van der Waals surface area contributed by atoms with Crippen molar-refractivity contribution in [1.29, 1.82) is 0 Å². The minimum absolute atomic E-state index is 0.697. The van der Waals surface area contributed by atoms with Crippen molar-refractivity contribution in [3.63, 3.8) is 0 Å². The second-order valence-corrected chi connectivity index (χ2v) is 4.07. The highest BCUT2D eigenvalue weighted by Crippen LogP contribution is 2.26. The van der Waals surface area contributed by atoms with E-state index in [2.05, 4.69) is 42.0 Å². The molecule has 1 aromatic carbocycles. The van der Waals surface area contributed by atoms with Crippen LogP contribution >= 0.6 is 0 Å². The van der Waals surface area contributed by atoms with Gasteiger partial charge in [0.25, 0.3) is 0 Å². The van der Waals surface area contributed by atoms with Crippen molar-refractivity contribution < 1.29 is 0 Å². The van der Waals surface area contributed by atoms with Gasteiger partial charge in [-0.05, 0) is 36.5 Å². The van der Waals surface area contributed by atoms with Crippen LogP contribution in [-0.4, -0.2) is 9.97 Å². The van der Waals surface area contributed by atoms with Gasteiger partial charge in [-0.15, -0.1) is 0 Å². The fourth-order valence-electron chi connectivity index (χ4n) is 2.16. The number of fused-ring (bicyclic) bond motifs is 1. The smallest absolute Gasteiger partial charge is 0.0931 e. The highest BCUT2D eigenvalue weighted by Gasteiger charge is 2.09. The number of nitrogens with one attached hydrogen (secondary N) is 1. The first-order valence-electron chi connectivity index (χ1n) is 5.78. The lowest BCUT2D eigenvalue weighted by molar-refractivity contribution is 0.596. The molecule has 0 aliphatic heterocycles. The van der Waals surface area contributed by atoms with Crippen LogP contribution in [0, 0.1) is 0 Å². The maximum absolute atomic E-state index is 4.24. The van der Waals surface area contributed by atoms with Gasteiger partial charge in [-0.25, -0.2) is 4.98 Å². The average Bonchev–Trinajstić information content (AvgIpc) is 2.72. The number of H-pyrrole nitrogens is 1. The Bertz CT molecular complexity index is 431. The number of benzene rings is 1. The molecule has 2 rings (SSSR count). The number of nitrogens with zero attached hydrogens (tertiary/aromatic N) is 1. The summed E-state index contributed by atoms with van der Waals surface area (Å²) in [4.78, 5) is 7.41.